The van der Waals surface area contributed by atoms with E-state index in [-0.39, 0.29) is 40.8 Å². The Balaban J connectivity index is 1.44. The van der Waals surface area contributed by atoms with Crippen molar-refractivity contribution in [3.05, 3.63) is 89.4 Å². The second-order valence-corrected chi connectivity index (χ2v) is 14.8. The van der Waals surface area contributed by atoms with E-state index in [1.54, 1.807) is 30.5 Å². The number of benzene rings is 3. The lowest BCUT2D eigenvalue weighted by molar-refractivity contribution is -0.139. The molecule has 0 saturated heterocycles. The largest absolute Gasteiger partial charge is 0.482 e. The maximum absolute atomic E-state index is 15.5. The van der Waals surface area contributed by atoms with E-state index >= 15 is 8.78 Å². The number of aliphatic carboxylic acids is 1. The zero-order valence-electron chi connectivity index (χ0n) is 25.8. The lowest BCUT2D eigenvalue weighted by atomic mass is 9.85. The zero-order chi connectivity index (χ0) is 33.3. The van der Waals surface area contributed by atoms with E-state index in [0.29, 0.717) is 47.3 Å². The van der Waals surface area contributed by atoms with E-state index in [0.717, 1.165) is 5.56 Å². The first-order valence-electron chi connectivity index (χ1n) is 15.2. The van der Waals surface area contributed by atoms with Gasteiger partial charge >= 0.3 is 5.97 Å². The second-order valence-electron chi connectivity index (χ2n) is 12.6. The number of H-pyrrole nitrogens is 2. The van der Waals surface area contributed by atoms with Gasteiger partial charge in [-0.2, -0.15) is 5.10 Å². The molecule has 0 saturated carbocycles. The van der Waals surface area contributed by atoms with Crippen molar-refractivity contribution >= 4 is 26.7 Å². The average Bonchev–Trinajstić information content (AvgIpc) is 3.68. The predicted molar refractivity (Wildman–Crippen MR) is 172 cm³/mol. The van der Waals surface area contributed by atoms with E-state index in [2.05, 4.69) is 20.2 Å². The summed E-state index contributed by atoms with van der Waals surface area (Å²) < 4.78 is 69.2. The quantitative estimate of drug-likeness (QED) is 0.190. The van der Waals surface area contributed by atoms with Gasteiger partial charge in [0.15, 0.2) is 39.7 Å². The molecule has 13 heteroatoms. The van der Waals surface area contributed by atoms with Gasteiger partial charge in [-0.15, -0.1) is 0 Å². The molecule has 10 nitrogen and oxygen atoms in total. The molecule has 1 aliphatic rings. The first-order chi connectivity index (χ1) is 22.4. The summed E-state index contributed by atoms with van der Waals surface area (Å²) in [5.74, 6) is -2.26. The number of hydrogen-bond donors (Lipinski definition) is 3. The fraction of sp³-hybridized carbons (Fsp3) is 0.324. The number of aromatic amines is 2. The molecule has 3 aromatic carbocycles. The van der Waals surface area contributed by atoms with Gasteiger partial charge in [-0.05, 0) is 66.6 Å². The molecule has 1 unspecified atom stereocenters. The molecule has 0 spiro atoms. The maximum atomic E-state index is 15.5. The van der Waals surface area contributed by atoms with Crippen molar-refractivity contribution in [1.29, 1.82) is 0 Å². The van der Waals surface area contributed by atoms with E-state index in [1.165, 1.54) is 24.3 Å². The molecular weight excluding hydrogens is 630 g/mol. The number of carbonyl (C=O) groups is 1. The summed E-state index contributed by atoms with van der Waals surface area (Å²) in [4.78, 5) is 18.7. The van der Waals surface area contributed by atoms with Crippen LogP contribution in [0.3, 0.4) is 0 Å². The van der Waals surface area contributed by atoms with Gasteiger partial charge < -0.3 is 19.6 Å². The smallest absolute Gasteiger partial charge is 0.341 e. The lowest BCUT2D eigenvalue weighted by Crippen LogP contribution is -2.27. The molecule has 5 aromatic rings. The van der Waals surface area contributed by atoms with Crippen molar-refractivity contribution in [3.63, 3.8) is 0 Å². The van der Waals surface area contributed by atoms with Crippen LogP contribution in [0, 0.1) is 17.0 Å². The van der Waals surface area contributed by atoms with Crippen molar-refractivity contribution in [2.45, 2.75) is 45.4 Å². The number of carboxylic acid groups (broad SMARTS) is 1. The third kappa shape index (κ3) is 7.30. The number of sulfone groups is 1. The average molecular weight is 665 g/mol. The van der Waals surface area contributed by atoms with Crippen LogP contribution in [0.2, 0.25) is 0 Å². The number of fused-ring (bicyclic) bond motifs is 8. The summed E-state index contributed by atoms with van der Waals surface area (Å²) in [6.07, 6.45) is 3.35. The van der Waals surface area contributed by atoms with Gasteiger partial charge in [0.05, 0.1) is 17.1 Å². The van der Waals surface area contributed by atoms with Crippen molar-refractivity contribution in [2.24, 2.45) is 5.41 Å². The first kappa shape index (κ1) is 32.2. The Morgan fingerprint density at radius 1 is 1.13 bits per heavy atom. The Morgan fingerprint density at radius 3 is 2.77 bits per heavy atom. The van der Waals surface area contributed by atoms with E-state index in [9.17, 15) is 13.2 Å². The Hall–Kier alpha value is -4.78. The molecule has 0 aliphatic carbocycles. The minimum atomic E-state index is -3.59. The highest BCUT2D eigenvalue weighted by Crippen LogP contribution is 2.38. The van der Waals surface area contributed by atoms with E-state index in [1.807, 2.05) is 19.9 Å². The topological polar surface area (TPSA) is 147 Å². The number of nitrogens with one attached hydrogen (secondary N) is 2. The van der Waals surface area contributed by atoms with Gasteiger partial charge in [-0.3, -0.25) is 5.10 Å². The molecule has 1 atom stereocenters. The fourth-order valence-corrected chi connectivity index (χ4v) is 8.19. The Kier molecular flexibility index (Phi) is 8.75. The minimum Gasteiger partial charge on any atom is -0.482 e. The molecular formula is C34H34F2N4O6S. The third-order valence-corrected chi connectivity index (χ3v) is 10.4. The number of aromatic nitrogens is 4. The molecule has 246 valence electrons. The van der Waals surface area contributed by atoms with Crippen LogP contribution >= 0.6 is 0 Å². The number of ether oxygens (including phenoxy) is 2. The molecule has 0 amide bonds. The number of carboxylic acids is 1. The Bertz CT molecular complexity index is 2060. The van der Waals surface area contributed by atoms with E-state index in [4.69, 9.17) is 14.6 Å². The maximum Gasteiger partial charge on any atom is 0.341 e. The standard InChI is InChI=1S/C34H34F2N4O6S/c1-34(2)12-4-7-23(20-5-3-6-21(15-20)45-18-30(41)42)32-38-33(40-39-32)26-16-22(8-9-27(26)35)46-31-25(11-14-47(43,44)19-34)24-10-13-37-29(24)17-28(31)36/h3,5-6,8-10,13,15-17,23,37H,4,7,11-12,14,18-19H2,1-2H3,(H,41,42)(H,38,39,40). The molecule has 1 aliphatic heterocycles. The van der Waals surface area contributed by atoms with Gasteiger partial charge in [0.2, 0.25) is 0 Å². The van der Waals surface area contributed by atoms with Crippen LogP contribution in [0.5, 0.6) is 17.2 Å². The van der Waals surface area contributed by atoms with Crippen LogP contribution in [0.25, 0.3) is 22.3 Å². The summed E-state index contributed by atoms with van der Waals surface area (Å²) in [6, 6.07) is 13.9. The van der Waals surface area contributed by atoms with Gasteiger partial charge in [-0.1, -0.05) is 32.4 Å². The molecule has 3 heterocycles. The molecule has 2 aromatic heterocycles. The SMILES string of the molecule is CC1(C)CCCC(c2cccc(OCC(=O)O)c2)c2n[nH]c(n2)-c2cc(ccc2F)Oc2c(F)cc3[nH]ccc3c2CCS(=O)(=O)C1. The molecule has 3 N–H and O–H groups in total. The molecule has 4 bridgehead atoms. The van der Waals surface area contributed by atoms with Crippen molar-refractivity contribution in [1.82, 2.24) is 20.2 Å². The van der Waals surface area contributed by atoms with Gasteiger partial charge in [-0.25, -0.2) is 27.0 Å². The van der Waals surface area contributed by atoms with Crippen molar-refractivity contribution < 1.29 is 36.6 Å². The Labute approximate surface area is 270 Å². The highest BCUT2D eigenvalue weighted by atomic mass is 32.2. The minimum absolute atomic E-state index is 0.0156. The fourth-order valence-electron chi connectivity index (χ4n) is 6.19. The Morgan fingerprint density at radius 2 is 1.96 bits per heavy atom. The van der Waals surface area contributed by atoms with Gasteiger partial charge in [0.25, 0.3) is 0 Å². The first-order valence-corrected chi connectivity index (χ1v) is 17.0. The van der Waals surface area contributed by atoms with Crippen molar-refractivity contribution in [2.75, 3.05) is 18.1 Å². The predicted octanol–water partition coefficient (Wildman–Crippen LogP) is 6.79. The van der Waals surface area contributed by atoms with Crippen LogP contribution in [-0.2, 0) is 21.1 Å². The van der Waals surface area contributed by atoms with Gasteiger partial charge in [0.1, 0.15) is 17.3 Å². The summed E-state index contributed by atoms with van der Waals surface area (Å²) >= 11 is 0. The highest BCUT2D eigenvalue weighted by molar-refractivity contribution is 7.91. The molecule has 6 rings (SSSR count). The van der Waals surface area contributed by atoms with Crippen LogP contribution in [0.15, 0.2) is 60.8 Å². The van der Waals surface area contributed by atoms with Crippen LogP contribution in [0.4, 0.5) is 8.78 Å². The van der Waals surface area contributed by atoms with Crippen molar-refractivity contribution in [3.8, 4) is 28.6 Å². The lowest BCUT2D eigenvalue weighted by Gasteiger charge is -2.25. The summed E-state index contributed by atoms with van der Waals surface area (Å²) in [7, 11) is -3.59. The number of rotatable bonds is 4. The van der Waals surface area contributed by atoms with Crippen LogP contribution in [0.1, 0.15) is 56.0 Å². The number of halogens is 2. The normalized spacial score (nSPS) is 18.0. The highest BCUT2D eigenvalue weighted by Gasteiger charge is 2.29. The van der Waals surface area contributed by atoms with Gasteiger partial charge in [0, 0.05) is 34.6 Å². The molecule has 0 fully saturated rings. The molecule has 0 radical (unpaired) electrons. The second kappa shape index (κ2) is 12.8. The van der Waals surface area contributed by atoms with E-state index < -0.39 is 45.4 Å². The zero-order valence-corrected chi connectivity index (χ0v) is 26.7. The van der Waals surface area contributed by atoms with Crippen LogP contribution in [-0.4, -0.2) is 57.8 Å². The third-order valence-electron chi connectivity index (χ3n) is 8.34. The summed E-state index contributed by atoms with van der Waals surface area (Å²) in [6.45, 7) is 3.29. The van der Waals surface area contributed by atoms with Crippen LogP contribution < -0.4 is 9.47 Å². The summed E-state index contributed by atoms with van der Waals surface area (Å²) in [5.41, 5.74) is 1.12. The number of aryl methyl sites for hydroxylation is 1. The number of nitrogens with zero attached hydrogens (tertiary/aromatic N) is 2. The summed E-state index contributed by atoms with van der Waals surface area (Å²) in [5, 5.41) is 17.0. The molecule has 47 heavy (non-hydrogen) atoms. The number of hydrogen-bond acceptors (Lipinski definition) is 7. The monoisotopic (exact) mass is 664 g/mol.